The lowest BCUT2D eigenvalue weighted by molar-refractivity contribution is -0.379. The molecule has 0 spiro atoms. The first kappa shape index (κ1) is 107. The van der Waals surface area contributed by atoms with Gasteiger partial charge in [-0.05, 0) is 38.5 Å². The zero-order valence-electron chi connectivity index (χ0n) is 73.4. The van der Waals surface area contributed by atoms with E-state index in [0.29, 0.717) is 12.8 Å². The molecule has 3 saturated heterocycles. The average Bonchev–Trinajstić information content (AvgIpc) is 0.783. The van der Waals surface area contributed by atoms with Gasteiger partial charge in [-0.1, -0.05) is 424 Å². The van der Waals surface area contributed by atoms with Crippen molar-refractivity contribution in [3.05, 3.63) is 12.2 Å². The van der Waals surface area contributed by atoms with Gasteiger partial charge in [0.1, 0.15) is 73.2 Å². The number of amides is 1. The molecule has 3 heterocycles. The van der Waals surface area contributed by atoms with E-state index >= 15 is 0 Å². The normalized spacial score (nSPS) is 24.7. The molecule has 676 valence electrons. The van der Waals surface area contributed by atoms with E-state index in [1.54, 1.807) is 0 Å². The molecule has 3 fully saturated rings. The molecule has 0 radical (unpaired) electrons. The number of hydrogen-bond donors (Lipinski definition) is 12. The van der Waals surface area contributed by atoms with Gasteiger partial charge in [0.05, 0.1) is 38.6 Å². The molecule has 19 nitrogen and oxygen atoms in total. The molecule has 3 rings (SSSR count). The first-order chi connectivity index (χ1) is 55.8. The van der Waals surface area contributed by atoms with E-state index in [1.807, 2.05) is 0 Å². The second-order valence-electron chi connectivity index (χ2n) is 35.2. The number of aliphatic hydroxyl groups is 11. The van der Waals surface area contributed by atoms with Crippen LogP contribution in [0.2, 0.25) is 0 Å². The molecule has 3 aliphatic heterocycles. The van der Waals surface area contributed by atoms with Crippen LogP contribution in [0.5, 0.6) is 0 Å². The zero-order chi connectivity index (χ0) is 82.4. The van der Waals surface area contributed by atoms with Gasteiger partial charge in [-0.3, -0.25) is 4.79 Å². The van der Waals surface area contributed by atoms with Crippen LogP contribution in [0.4, 0.5) is 0 Å². The Bertz CT molecular complexity index is 2100. The van der Waals surface area contributed by atoms with Crippen molar-refractivity contribution < 1.29 is 89.4 Å². The first-order valence-corrected chi connectivity index (χ1v) is 48.9. The summed E-state index contributed by atoms with van der Waals surface area (Å²) in [6.45, 7) is 1.89. The molecule has 0 aromatic heterocycles. The highest BCUT2D eigenvalue weighted by atomic mass is 16.8. The van der Waals surface area contributed by atoms with Crippen LogP contribution in [-0.2, 0) is 33.2 Å². The fourth-order valence-corrected chi connectivity index (χ4v) is 17.1. The average molecular weight is 1630 g/mol. The predicted molar refractivity (Wildman–Crippen MR) is 462 cm³/mol. The monoisotopic (exact) mass is 1630 g/mol. The molecule has 17 atom stereocenters. The molecule has 1 amide bonds. The number of nitrogens with one attached hydrogen (secondary N) is 1. The molecule has 0 bridgehead atoms. The number of carbonyl (C=O) groups is 1. The number of rotatable bonds is 82. The van der Waals surface area contributed by atoms with Gasteiger partial charge >= 0.3 is 0 Å². The lowest BCUT2D eigenvalue weighted by Gasteiger charge is -2.48. The van der Waals surface area contributed by atoms with Gasteiger partial charge in [-0.15, -0.1) is 0 Å². The summed E-state index contributed by atoms with van der Waals surface area (Å²) in [4.78, 5) is 13.6. The van der Waals surface area contributed by atoms with Gasteiger partial charge in [-0.2, -0.15) is 0 Å². The molecule has 3 aliphatic rings. The number of carbonyl (C=O) groups excluding carboxylic acids is 1. The van der Waals surface area contributed by atoms with E-state index in [9.17, 15) is 61.0 Å². The second kappa shape index (κ2) is 75.3. The highest BCUT2D eigenvalue weighted by molar-refractivity contribution is 5.76. The van der Waals surface area contributed by atoms with Gasteiger partial charge in [0.15, 0.2) is 18.9 Å². The summed E-state index contributed by atoms with van der Waals surface area (Å²) in [5.41, 5.74) is 0. The van der Waals surface area contributed by atoms with Crippen molar-refractivity contribution in [2.24, 2.45) is 0 Å². The molecule has 0 saturated carbocycles. The fourth-order valence-electron chi connectivity index (χ4n) is 17.1. The van der Waals surface area contributed by atoms with E-state index in [1.165, 1.54) is 379 Å². The van der Waals surface area contributed by atoms with E-state index in [2.05, 4.69) is 31.3 Å². The van der Waals surface area contributed by atoms with Crippen LogP contribution in [0.25, 0.3) is 0 Å². The van der Waals surface area contributed by atoms with Crippen LogP contribution in [0.1, 0.15) is 457 Å². The Kier molecular flexibility index (Phi) is 70.5. The fraction of sp³-hybridized carbons (Fsp3) is 0.968. The number of ether oxygens (including phenoxy) is 6. The molecule has 0 aliphatic carbocycles. The summed E-state index contributed by atoms with van der Waals surface area (Å²) in [5, 5.41) is 122. The van der Waals surface area contributed by atoms with E-state index in [0.717, 1.165) is 44.9 Å². The van der Waals surface area contributed by atoms with Crippen LogP contribution in [0, 0.1) is 0 Å². The maximum absolute atomic E-state index is 13.6. The minimum atomic E-state index is -1.97. The van der Waals surface area contributed by atoms with Crippen LogP contribution in [-0.4, -0.2) is 193 Å². The van der Waals surface area contributed by atoms with Crippen molar-refractivity contribution >= 4 is 5.91 Å². The highest BCUT2D eigenvalue weighted by Crippen LogP contribution is 2.34. The third-order valence-corrected chi connectivity index (χ3v) is 24.8. The third kappa shape index (κ3) is 52.8. The van der Waals surface area contributed by atoms with Crippen LogP contribution >= 0.6 is 0 Å². The summed E-state index contributed by atoms with van der Waals surface area (Å²) < 4.78 is 34.7. The Morgan fingerprint density at radius 3 is 0.851 bits per heavy atom. The number of aliphatic hydroxyl groups excluding tert-OH is 11. The van der Waals surface area contributed by atoms with Crippen LogP contribution < -0.4 is 5.32 Å². The quantitative estimate of drug-likeness (QED) is 0.0199. The Morgan fingerprint density at radius 2 is 0.553 bits per heavy atom. The van der Waals surface area contributed by atoms with Crippen molar-refractivity contribution in [2.75, 3.05) is 26.4 Å². The molecule has 114 heavy (non-hydrogen) atoms. The highest BCUT2D eigenvalue weighted by Gasteiger charge is 2.54. The maximum atomic E-state index is 13.6. The molecule has 17 unspecified atom stereocenters. The Labute approximate surface area is 696 Å². The molecule has 19 heteroatoms. The molecular formula is C95H183NO18. The number of allylic oxidation sites excluding steroid dienone is 2. The molecule has 0 aromatic carbocycles. The van der Waals surface area contributed by atoms with E-state index in [-0.39, 0.29) is 18.9 Å². The standard InChI is InChI=1S/C95H183NO18/c1-3-5-7-9-11-13-15-17-19-21-23-25-27-29-31-33-35-36-37-38-39-40-41-42-43-45-47-49-51-53-55-57-59-61-63-65-67-69-71-73-83(101)96-78(79(100)72-70-68-66-64-62-60-58-56-54-52-50-48-46-44-34-32-30-28-26-24-22-20-18-16-14-12-10-8-6-4-2)77-109-93-89(107)86(104)91(81(75-98)111-93)114-95-90(108)87(105)92(82(76-99)112-95)113-94-88(106)85(103)84(102)80(74-97)110-94/h21,23,78-82,84-95,97-100,102-108H,3-20,22,24-77H2,1-2H3,(H,96,101)/b23-21-. The minimum absolute atomic E-state index is 0.231. The Hall–Kier alpha value is -1.47. The second-order valence-corrected chi connectivity index (χ2v) is 35.2. The molecular weight excluding hydrogens is 1440 g/mol. The SMILES string of the molecule is CCCCCCCCCC/C=C\CCCCCCCCCCCCCCCCCCCCCCCCCCCCCC(=O)NC(COC1OC(CO)C(OC2OC(CO)C(OC3OC(CO)C(O)C(O)C3O)C(O)C2O)C(O)C1O)C(O)CCCCCCCCCCCCCCCCCCCCCCCCCCCCCCCC. The van der Waals surface area contributed by atoms with E-state index in [4.69, 9.17) is 28.4 Å². The predicted octanol–water partition coefficient (Wildman–Crippen LogP) is 19.8. The molecule has 0 aromatic rings. The van der Waals surface area contributed by atoms with Crippen LogP contribution in [0.15, 0.2) is 12.2 Å². The van der Waals surface area contributed by atoms with Gasteiger partial charge < -0.3 is 89.9 Å². The Morgan fingerprint density at radius 1 is 0.307 bits per heavy atom. The third-order valence-electron chi connectivity index (χ3n) is 24.8. The van der Waals surface area contributed by atoms with Crippen LogP contribution in [0.3, 0.4) is 0 Å². The minimum Gasteiger partial charge on any atom is -0.394 e. The summed E-state index contributed by atoms with van der Waals surface area (Å²) in [6.07, 6.45) is 67.8. The summed E-state index contributed by atoms with van der Waals surface area (Å²) in [7, 11) is 0. The number of unbranched alkanes of at least 4 members (excludes halogenated alkanes) is 64. The van der Waals surface area contributed by atoms with Crippen molar-refractivity contribution in [1.82, 2.24) is 5.32 Å². The number of hydrogen-bond acceptors (Lipinski definition) is 18. The van der Waals surface area contributed by atoms with Crippen molar-refractivity contribution in [2.45, 2.75) is 561 Å². The van der Waals surface area contributed by atoms with Gasteiger partial charge in [-0.25, -0.2) is 0 Å². The van der Waals surface area contributed by atoms with E-state index < -0.39 is 124 Å². The lowest BCUT2D eigenvalue weighted by Crippen LogP contribution is -2.66. The summed E-state index contributed by atoms with van der Waals surface area (Å²) >= 11 is 0. The maximum Gasteiger partial charge on any atom is 0.220 e. The topological polar surface area (TPSA) is 307 Å². The Balaban J connectivity index is 1.28. The molecule has 12 N–H and O–H groups in total. The summed E-state index contributed by atoms with van der Waals surface area (Å²) in [5.74, 6) is -0.231. The summed E-state index contributed by atoms with van der Waals surface area (Å²) in [6, 6.07) is -0.886. The lowest BCUT2D eigenvalue weighted by atomic mass is 9.96. The van der Waals surface area contributed by atoms with Gasteiger partial charge in [0, 0.05) is 6.42 Å². The van der Waals surface area contributed by atoms with Crippen molar-refractivity contribution in [3.63, 3.8) is 0 Å². The van der Waals surface area contributed by atoms with Gasteiger partial charge in [0.2, 0.25) is 5.91 Å². The van der Waals surface area contributed by atoms with Gasteiger partial charge in [0.25, 0.3) is 0 Å². The van der Waals surface area contributed by atoms with Crippen molar-refractivity contribution in [3.8, 4) is 0 Å². The zero-order valence-corrected chi connectivity index (χ0v) is 73.4. The smallest absolute Gasteiger partial charge is 0.220 e. The largest absolute Gasteiger partial charge is 0.394 e. The first-order valence-electron chi connectivity index (χ1n) is 48.9. The van der Waals surface area contributed by atoms with Crippen molar-refractivity contribution in [1.29, 1.82) is 0 Å².